The van der Waals surface area contributed by atoms with Crippen molar-refractivity contribution in [2.75, 3.05) is 5.32 Å². The van der Waals surface area contributed by atoms with E-state index in [4.69, 9.17) is 4.74 Å². The fourth-order valence-corrected chi connectivity index (χ4v) is 2.01. The fraction of sp³-hybridized carbons (Fsp3) is 0.467. The topological polar surface area (TPSA) is 55.4 Å². The van der Waals surface area contributed by atoms with E-state index in [1.807, 2.05) is 34.6 Å². The maximum absolute atomic E-state index is 11.7. The van der Waals surface area contributed by atoms with Crippen molar-refractivity contribution in [2.45, 2.75) is 47.1 Å². The predicted octanol–water partition coefficient (Wildman–Crippen LogP) is 3.85. The molecular formula is C15H21NO3. The van der Waals surface area contributed by atoms with Crippen molar-refractivity contribution in [1.82, 2.24) is 0 Å². The number of ether oxygens (including phenoxy) is 1. The molecule has 104 valence electrons. The van der Waals surface area contributed by atoms with Crippen LogP contribution < -0.4 is 5.32 Å². The van der Waals surface area contributed by atoms with Crippen LogP contribution in [0.25, 0.3) is 0 Å². The van der Waals surface area contributed by atoms with E-state index in [9.17, 15) is 9.59 Å². The summed E-state index contributed by atoms with van der Waals surface area (Å²) in [5, 5.41) is 2.67. The van der Waals surface area contributed by atoms with Gasteiger partial charge in [0.25, 0.3) is 0 Å². The lowest BCUT2D eigenvalue weighted by molar-refractivity contribution is 0.0636. The van der Waals surface area contributed by atoms with Crippen molar-refractivity contribution in [2.24, 2.45) is 0 Å². The molecule has 0 saturated carbocycles. The highest BCUT2D eigenvalue weighted by atomic mass is 16.6. The van der Waals surface area contributed by atoms with Crippen molar-refractivity contribution in [1.29, 1.82) is 0 Å². The quantitative estimate of drug-likeness (QED) is 0.824. The van der Waals surface area contributed by atoms with Gasteiger partial charge in [0.2, 0.25) is 0 Å². The number of carbonyl (C=O) groups is 2. The molecule has 1 N–H and O–H groups in total. The Morgan fingerprint density at radius 1 is 1.11 bits per heavy atom. The Bertz CT molecular complexity index is 490. The van der Waals surface area contributed by atoms with Gasteiger partial charge in [-0.2, -0.15) is 0 Å². The molecule has 0 heterocycles. The number of anilines is 1. The minimum Gasteiger partial charge on any atom is -0.444 e. The second-order valence-electron chi connectivity index (χ2n) is 5.67. The van der Waals surface area contributed by atoms with Crippen LogP contribution >= 0.6 is 0 Å². The van der Waals surface area contributed by atoms with Gasteiger partial charge in [0, 0.05) is 11.3 Å². The number of carbonyl (C=O) groups excluding carboxylic acids is 2. The zero-order valence-corrected chi connectivity index (χ0v) is 12.4. The first kappa shape index (κ1) is 15.2. The normalized spacial score (nSPS) is 11.1. The molecule has 19 heavy (non-hydrogen) atoms. The summed E-state index contributed by atoms with van der Waals surface area (Å²) in [4.78, 5) is 23.2. The Morgan fingerprint density at radius 2 is 1.58 bits per heavy atom. The summed E-state index contributed by atoms with van der Waals surface area (Å²) < 4.78 is 5.18. The zero-order chi connectivity index (χ0) is 14.8. The first-order valence-corrected chi connectivity index (χ1v) is 6.22. The summed E-state index contributed by atoms with van der Waals surface area (Å²) in [7, 11) is 0. The second kappa shape index (κ2) is 5.43. The third-order valence-corrected chi connectivity index (χ3v) is 2.53. The number of ketones is 1. The minimum absolute atomic E-state index is 0.0267. The number of rotatable bonds is 2. The van der Waals surface area contributed by atoms with Crippen LogP contribution in [0, 0.1) is 13.8 Å². The van der Waals surface area contributed by atoms with Crippen LogP contribution in [0.15, 0.2) is 12.1 Å². The molecule has 0 bridgehead atoms. The molecule has 1 aromatic carbocycles. The molecule has 4 heteroatoms. The monoisotopic (exact) mass is 263 g/mol. The Morgan fingerprint density at radius 3 is 1.95 bits per heavy atom. The molecule has 0 saturated heterocycles. The molecule has 0 aliphatic carbocycles. The first-order chi connectivity index (χ1) is 8.60. The Labute approximate surface area is 114 Å². The van der Waals surface area contributed by atoms with Crippen LogP contribution in [-0.4, -0.2) is 17.5 Å². The average molecular weight is 263 g/mol. The van der Waals surface area contributed by atoms with Crippen molar-refractivity contribution in [3.63, 3.8) is 0 Å². The van der Waals surface area contributed by atoms with E-state index in [1.165, 1.54) is 6.92 Å². The van der Waals surface area contributed by atoms with E-state index >= 15 is 0 Å². The highest BCUT2D eigenvalue weighted by Crippen LogP contribution is 2.21. The summed E-state index contributed by atoms with van der Waals surface area (Å²) >= 11 is 0. The lowest BCUT2D eigenvalue weighted by Crippen LogP contribution is -2.27. The molecular weight excluding hydrogens is 242 g/mol. The van der Waals surface area contributed by atoms with Crippen molar-refractivity contribution >= 4 is 17.6 Å². The molecule has 0 fully saturated rings. The van der Waals surface area contributed by atoms with Crippen LogP contribution in [0.1, 0.15) is 49.2 Å². The van der Waals surface area contributed by atoms with Gasteiger partial charge >= 0.3 is 6.09 Å². The predicted molar refractivity (Wildman–Crippen MR) is 75.8 cm³/mol. The smallest absolute Gasteiger partial charge is 0.412 e. The van der Waals surface area contributed by atoms with E-state index in [0.29, 0.717) is 11.3 Å². The van der Waals surface area contributed by atoms with E-state index in [2.05, 4.69) is 5.32 Å². The largest absolute Gasteiger partial charge is 0.444 e. The average Bonchev–Trinajstić information content (AvgIpc) is 2.10. The third-order valence-electron chi connectivity index (χ3n) is 2.53. The van der Waals surface area contributed by atoms with Gasteiger partial charge in [-0.3, -0.25) is 10.1 Å². The molecule has 0 aliphatic heterocycles. The molecule has 0 radical (unpaired) electrons. The number of Topliss-reactive ketones (excluding diaryl/α,β-unsaturated/α-hetero) is 1. The molecule has 0 spiro atoms. The van der Waals surface area contributed by atoms with Gasteiger partial charge in [0.1, 0.15) is 5.60 Å². The van der Waals surface area contributed by atoms with E-state index < -0.39 is 11.7 Å². The lowest BCUT2D eigenvalue weighted by Gasteiger charge is -2.20. The third kappa shape index (κ3) is 4.39. The summed E-state index contributed by atoms with van der Waals surface area (Å²) in [5.74, 6) is 0.0267. The van der Waals surface area contributed by atoms with E-state index in [-0.39, 0.29) is 5.78 Å². The van der Waals surface area contributed by atoms with Crippen LogP contribution in [0.5, 0.6) is 0 Å². The van der Waals surface area contributed by atoms with Crippen molar-refractivity contribution in [3.05, 3.63) is 28.8 Å². The highest BCUT2D eigenvalue weighted by Gasteiger charge is 2.17. The summed E-state index contributed by atoms with van der Waals surface area (Å²) in [6.07, 6.45) is -0.498. The van der Waals surface area contributed by atoms with Gasteiger partial charge in [0.15, 0.2) is 5.78 Å². The number of nitrogens with one attached hydrogen (secondary N) is 1. The summed E-state index contributed by atoms with van der Waals surface area (Å²) in [6, 6.07) is 3.54. The molecule has 0 unspecified atom stereocenters. The lowest BCUT2D eigenvalue weighted by atomic mass is 9.99. The van der Waals surface area contributed by atoms with Gasteiger partial charge in [-0.25, -0.2) is 4.79 Å². The highest BCUT2D eigenvalue weighted by molar-refractivity contribution is 5.98. The second-order valence-corrected chi connectivity index (χ2v) is 5.67. The number of benzene rings is 1. The zero-order valence-electron chi connectivity index (χ0n) is 12.4. The maximum atomic E-state index is 11.7. The maximum Gasteiger partial charge on any atom is 0.412 e. The Hall–Kier alpha value is -1.84. The number of hydrogen-bond donors (Lipinski definition) is 1. The molecule has 1 amide bonds. The van der Waals surface area contributed by atoms with Crippen molar-refractivity contribution < 1.29 is 14.3 Å². The van der Waals surface area contributed by atoms with Gasteiger partial charge in [-0.15, -0.1) is 0 Å². The van der Waals surface area contributed by atoms with E-state index in [1.54, 1.807) is 12.1 Å². The Balaban J connectivity index is 2.93. The van der Waals surface area contributed by atoms with Gasteiger partial charge in [0.05, 0.1) is 0 Å². The number of amides is 1. The fourth-order valence-electron chi connectivity index (χ4n) is 2.01. The number of aryl methyl sites for hydroxylation is 2. The molecule has 0 aromatic heterocycles. The minimum atomic E-state index is -0.534. The molecule has 1 aromatic rings. The molecule has 4 nitrogen and oxygen atoms in total. The van der Waals surface area contributed by atoms with Crippen LogP contribution in [0.2, 0.25) is 0 Å². The summed E-state index contributed by atoms with van der Waals surface area (Å²) in [6.45, 7) is 10.7. The van der Waals surface area contributed by atoms with Gasteiger partial charge in [-0.05, 0) is 64.8 Å². The van der Waals surface area contributed by atoms with Crippen LogP contribution in [0.4, 0.5) is 10.5 Å². The van der Waals surface area contributed by atoms with Crippen LogP contribution in [0.3, 0.4) is 0 Å². The van der Waals surface area contributed by atoms with Gasteiger partial charge in [-0.1, -0.05) is 0 Å². The molecule has 0 atom stereocenters. The van der Waals surface area contributed by atoms with Gasteiger partial charge < -0.3 is 4.74 Å². The molecule has 0 aliphatic rings. The van der Waals surface area contributed by atoms with E-state index in [0.717, 1.165) is 11.1 Å². The first-order valence-electron chi connectivity index (χ1n) is 6.22. The Kier molecular flexibility index (Phi) is 4.35. The summed E-state index contributed by atoms with van der Waals surface area (Å²) in [5.41, 5.74) is 2.49. The standard InChI is InChI=1S/C15H21NO3/c1-9-7-12(8-10(2)13(9)11(3)17)16-14(18)19-15(4,5)6/h7-8H,1-6H3,(H,16,18). The van der Waals surface area contributed by atoms with Crippen molar-refractivity contribution in [3.8, 4) is 0 Å². The van der Waals surface area contributed by atoms with Crippen LogP contribution in [-0.2, 0) is 4.74 Å². The molecule has 1 rings (SSSR count). The SMILES string of the molecule is CC(=O)c1c(C)cc(NC(=O)OC(C)(C)C)cc1C. The number of hydrogen-bond acceptors (Lipinski definition) is 3.